The molecule has 1 N–H and O–H groups in total. The molecule has 0 aromatic heterocycles. The van der Waals surface area contributed by atoms with Crippen LogP contribution in [0.3, 0.4) is 0 Å². The average molecular weight is 335 g/mol. The van der Waals surface area contributed by atoms with Gasteiger partial charge in [0.15, 0.2) is 9.84 Å². The number of morpholine rings is 1. The van der Waals surface area contributed by atoms with Gasteiger partial charge in [-0.2, -0.15) is 0 Å². The van der Waals surface area contributed by atoms with Gasteiger partial charge in [0.05, 0.1) is 24.7 Å². The molecule has 1 unspecified atom stereocenters. The standard InChI is InChI=1S/C11H22N2O3S.2ClH/c14-17(15)9-2-11(10-17)12-3-1-4-13-5-7-16-8-6-13;;/h11-12H,1-10H2;2*1H. The first kappa shape index (κ1) is 19.4. The van der Waals surface area contributed by atoms with E-state index in [9.17, 15) is 8.42 Å². The maximum atomic E-state index is 11.3. The van der Waals surface area contributed by atoms with Crippen LogP contribution in [0.4, 0.5) is 0 Å². The lowest BCUT2D eigenvalue weighted by Gasteiger charge is -2.26. The van der Waals surface area contributed by atoms with Crippen molar-refractivity contribution < 1.29 is 13.2 Å². The zero-order chi connectivity index (χ0) is 12.1. The van der Waals surface area contributed by atoms with Crippen molar-refractivity contribution in [1.82, 2.24) is 10.2 Å². The molecule has 0 bridgehead atoms. The number of sulfone groups is 1. The molecule has 2 fully saturated rings. The van der Waals surface area contributed by atoms with Gasteiger partial charge in [0.2, 0.25) is 0 Å². The summed E-state index contributed by atoms with van der Waals surface area (Å²) in [5.74, 6) is 0.679. The Morgan fingerprint density at radius 3 is 2.47 bits per heavy atom. The number of nitrogens with zero attached hydrogens (tertiary/aromatic N) is 1. The smallest absolute Gasteiger partial charge is 0.151 e. The summed E-state index contributed by atoms with van der Waals surface area (Å²) in [6, 6.07) is 0.185. The summed E-state index contributed by atoms with van der Waals surface area (Å²) in [5, 5.41) is 3.34. The monoisotopic (exact) mass is 334 g/mol. The van der Waals surface area contributed by atoms with Crippen LogP contribution in [0.1, 0.15) is 12.8 Å². The molecule has 2 aliphatic heterocycles. The largest absolute Gasteiger partial charge is 0.379 e. The van der Waals surface area contributed by atoms with Gasteiger partial charge >= 0.3 is 0 Å². The summed E-state index contributed by atoms with van der Waals surface area (Å²) >= 11 is 0. The molecule has 0 aliphatic carbocycles. The number of rotatable bonds is 5. The van der Waals surface area contributed by atoms with Crippen molar-refractivity contribution in [2.24, 2.45) is 0 Å². The van der Waals surface area contributed by atoms with Crippen LogP contribution < -0.4 is 5.32 Å². The average Bonchev–Trinajstić information content (AvgIpc) is 2.66. The molecule has 2 rings (SSSR count). The zero-order valence-electron chi connectivity index (χ0n) is 11.0. The third-order valence-electron chi connectivity index (χ3n) is 3.42. The molecule has 1 atom stereocenters. The van der Waals surface area contributed by atoms with Gasteiger partial charge in [0.1, 0.15) is 0 Å². The second kappa shape index (κ2) is 9.37. The Morgan fingerprint density at radius 1 is 1.21 bits per heavy atom. The number of hydrogen-bond donors (Lipinski definition) is 1. The molecule has 0 aromatic rings. The molecule has 116 valence electrons. The minimum Gasteiger partial charge on any atom is -0.379 e. The van der Waals surface area contributed by atoms with E-state index < -0.39 is 9.84 Å². The van der Waals surface area contributed by atoms with E-state index in [4.69, 9.17) is 4.74 Å². The van der Waals surface area contributed by atoms with Crippen LogP contribution in [0.25, 0.3) is 0 Å². The summed E-state index contributed by atoms with van der Waals surface area (Å²) < 4.78 is 27.8. The maximum Gasteiger partial charge on any atom is 0.151 e. The summed E-state index contributed by atoms with van der Waals surface area (Å²) in [6.45, 7) is 5.73. The fraction of sp³-hybridized carbons (Fsp3) is 1.00. The van der Waals surface area contributed by atoms with E-state index in [1.54, 1.807) is 0 Å². The van der Waals surface area contributed by atoms with Crippen molar-refractivity contribution in [3.05, 3.63) is 0 Å². The highest BCUT2D eigenvalue weighted by Crippen LogP contribution is 2.11. The quantitative estimate of drug-likeness (QED) is 0.734. The van der Waals surface area contributed by atoms with Crippen molar-refractivity contribution in [3.8, 4) is 0 Å². The lowest BCUT2D eigenvalue weighted by Crippen LogP contribution is -2.38. The Hall–Kier alpha value is 0.410. The molecule has 5 nitrogen and oxygen atoms in total. The van der Waals surface area contributed by atoms with Crippen molar-refractivity contribution in [2.75, 3.05) is 50.9 Å². The van der Waals surface area contributed by atoms with Crippen LogP contribution in [-0.2, 0) is 14.6 Å². The van der Waals surface area contributed by atoms with Crippen LogP contribution in [0, 0.1) is 0 Å². The third kappa shape index (κ3) is 7.11. The lowest BCUT2D eigenvalue weighted by molar-refractivity contribution is 0.0374. The summed E-state index contributed by atoms with van der Waals surface area (Å²) in [4.78, 5) is 2.40. The second-order valence-corrected chi connectivity index (χ2v) is 7.09. The highest BCUT2D eigenvalue weighted by atomic mass is 35.5. The van der Waals surface area contributed by atoms with Crippen molar-refractivity contribution in [2.45, 2.75) is 18.9 Å². The van der Waals surface area contributed by atoms with Crippen molar-refractivity contribution in [1.29, 1.82) is 0 Å². The van der Waals surface area contributed by atoms with Gasteiger partial charge in [-0.15, -0.1) is 24.8 Å². The van der Waals surface area contributed by atoms with Gasteiger partial charge in [-0.1, -0.05) is 0 Å². The van der Waals surface area contributed by atoms with E-state index in [-0.39, 0.29) is 30.9 Å². The Balaban J connectivity index is 0.00000162. The van der Waals surface area contributed by atoms with Crippen LogP contribution in [0.2, 0.25) is 0 Å². The van der Waals surface area contributed by atoms with E-state index >= 15 is 0 Å². The highest BCUT2D eigenvalue weighted by Gasteiger charge is 2.26. The van der Waals surface area contributed by atoms with E-state index in [1.165, 1.54) is 0 Å². The fourth-order valence-electron chi connectivity index (χ4n) is 2.39. The van der Waals surface area contributed by atoms with E-state index in [1.807, 2.05) is 0 Å². The predicted molar refractivity (Wildman–Crippen MR) is 81.4 cm³/mol. The highest BCUT2D eigenvalue weighted by molar-refractivity contribution is 7.91. The van der Waals surface area contributed by atoms with Crippen LogP contribution in [0.5, 0.6) is 0 Å². The second-order valence-electron chi connectivity index (χ2n) is 4.86. The van der Waals surface area contributed by atoms with Gasteiger partial charge in [-0.25, -0.2) is 8.42 Å². The van der Waals surface area contributed by atoms with Crippen LogP contribution in [-0.4, -0.2) is 70.3 Å². The van der Waals surface area contributed by atoms with E-state index in [2.05, 4.69) is 10.2 Å². The molecule has 0 aromatic carbocycles. The third-order valence-corrected chi connectivity index (χ3v) is 5.19. The normalized spacial score (nSPS) is 26.4. The topological polar surface area (TPSA) is 58.6 Å². The molecule has 2 saturated heterocycles. The Bertz CT molecular complexity index is 335. The van der Waals surface area contributed by atoms with Crippen molar-refractivity contribution >= 4 is 34.7 Å². The van der Waals surface area contributed by atoms with E-state index in [0.29, 0.717) is 11.5 Å². The van der Waals surface area contributed by atoms with Gasteiger partial charge < -0.3 is 10.1 Å². The predicted octanol–water partition coefficient (Wildman–Crippen LogP) is 0.329. The Labute approximate surface area is 128 Å². The molecule has 8 heteroatoms. The maximum absolute atomic E-state index is 11.3. The first-order chi connectivity index (χ1) is 8.16. The van der Waals surface area contributed by atoms with Gasteiger partial charge in [0, 0.05) is 19.1 Å². The minimum absolute atomic E-state index is 0. The summed E-state index contributed by atoms with van der Waals surface area (Å²) in [5.41, 5.74) is 0. The molecule has 2 heterocycles. The Kier molecular flexibility index (Phi) is 9.57. The summed E-state index contributed by atoms with van der Waals surface area (Å²) in [7, 11) is -2.74. The first-order valence-electron chi connectivity index (χ1n) is 6.40. The van der Waals surface area contributed by atoms with Crippen molar-refractivity contribution in [3.63, 3.8) is 0 Å². The molecular formula is C11H24Cl2N2O3S. The molecule has 2 aliphatic rings. The van der Waals surface area contributed by atoms with Gasteiger partial charge in [-0.05, 0) is 25.9 Å². The number of ether oxygens (including phenoxy) is 1. The number of nitrogens with one attached hydrogen (secondary N) is 1. The number of hydrogen-bond acceptors (Lipinski definition) is 5. The Morgan fingerprint density at radius 2 is 1.89 bits per heavy atom. The van der Waals surface area contributed by atoms with Crippen LogP contribution >= 0.6 is 24.8 Å². The molecular weight excluding hydrogens is 311 g/mol. The van der Waals surface area contributed by atoms with E-state index in [0.717, 1.165) is 52.2 Å². The fourth-order valence-corrected chi connectivity index (χ4v) is 4.10. The SMILES string of the molecule is Cl.Cl.O=S1(=O)CCC(NCCCN2CCOCC2)C1. The minimum atomic E-state index is -2.74. The molecule has 0 radical (unpaired) electrons. The van der Waals surface area contributed by atoms with Gasteiger partial charge in [-0.3, -0.25) is 4.90 Å². The molecule has 0 spiro atoms. The lowest BCUT2D eigenvalue weighted by atomic mass is 10.2. The zero-order valence-corrected chi connectivity index (χ0v) is 13.5. The number of halogens is 2. The molecule has 0 saturated carbocycles. The van der Waals surface area contributed by atoms with Crippen LogP contribution in [0.15, 0.2) is 0 Å². The molecule has 19 heavy (non-hydrogen) atoms. The summed E-state index contributed by atoms with van der Waals surface area (Å²) in [6.07, 6.45) is 1.86. The first-order valence-corrected chi connectivity index (χ1v) is 8.22. The molecule has 0 amide bonds. The van der Waals surface area contributed by atoms with Gasteiger partial charge in [0.25, 0.3) is 0 Å².